The van der Waals surface area contributed by atoms with Gasteiger partial charge in [0.25, 0.3) is 0 Å². The maximum absolute atomic E-state index is 13.4. The van der Waals surface area contributed by atoms with Crippen LogP contribution in [0.1, 0.15) is 38.5 Å². The molecular formula is C16H26FNO2. The van der Waals surface area contributed by atoms with E-state index >= 15 is 0 Å². The minimum absolute atomic E-state index is 0.0314. The van der Waals surface area contributed by atoms with Gasteiger partial charge in [0.2, 0.25) is 0 Å². The maximum Gasteiger partial charge on any atom is 0.309 e. The first-order valence-electron chi connectivity index (χ1n) is 8.02. The Labute approximate surface area is 120 Å². The predicted molar refractivity (Wildman–Crippen MR) is 75.0 cm³/mol. The fourth-order valence-corrected chi connectivity index (χ4v) is 4.97. The Bertz CT molecular complexity index is 365. The van der Waals surface area contributed by atoms with Gasteiger partial charge in [0.05, 0.1) is 13.0 Å². The second-order valence-electron chi connectivity index (χ2n) is 7.05. The zero-order valence-electron chi connectivity index (χ0n) is 12.6. The number of carbonyl (C=O) groups is 1. The SMILES string of the molecule is COC(=O)C1C(C2CCC(F)CC2)CC2C[C@H]1CN2C. The number of nitrogens with zero attached hydrogens (tertiary/aromatic N) is 1. The molecule has 2 aliphatic carbocycles. The lowest BCUT2D eigenvalue weighted by Crippen LogP contribution is -2.41. The maximum atomic E-state index is 13.4. The predicted octanol–water partition coefficient (Wildman–Crippen LogP) is 2.64. The van der Waals surface area contributed by atoms with Crippen LogP contribution in [-0.2, 0) is 9.53 Å². The zero-order chi connectivity index (χ0) is 14.3. The van der Waals surface area contributed by atoms with Crippen molar-refractivity contribution < 1.29 is 13.9 Å². The molecule has 0 aromatic heterocycles. The van der Waals surface area contributed by atoms with Gasteiger partial charge in [-0.25, -0.2) is 4.39 Å². The van der Waals surface area contributed by atoms with E-state index in [0.29, 0.717) is 36.6 Å². The summed E-state index contributed by atoms with van der Waals surface area (Å²) >= 11 is 0. The van der Waals surface area contributed by atoms with Crippen molar-refractivity contribution in [3.63, 3.8) is 0 Å². The molecule has 0 radical (unpaired) electrons. The molecule has 20 heavy (non-hydrogen) atoms. The molecule has 0 spiro atoms. The van der Waals surface area contributed by atoms with Crippen LogP contribution in [0, 0.1) is 23.7 Å². The van der Waals surface area contributed by atoms with Crippen LogP contribution in [0.4, 0.5) is 4.39 Å². The highest BCUT2D eigenvalue weighted by atomic mass is 19.1. The van der Waals surface area contributed by atoms with Gasteiger partial charge in [-0.3, -0.25) is 4.79 Å². The van der Waals surface area contributed by atoms with Crippen molar-refractivity contribution in [1.82, 2.24) is 4.90 Å². The standard InChI is InChI=1S/C16H26FNO2/c1-18-9-11-7-13(18)8-14(15(11)16(19)20-2)10-3-5-12(17)6-4-10/h10-15H,3-9H2,1-2H3/t10?,11-,12?,13?,14?,15?/m0/s1. The summed E-state index contributed by atoms with van der Waals surface area (Å²) in [5.74, 6) is 1.38. The largest absolute Gasteiger partial charge is 0.469 e. The molecule has 0 aromatic rings. The highest BCUT2D eigenvalue weighted by Crippen LogP contribution is 2.48. The number of fused-ring (bicyclic) bond motifs is 2. The van der Waals surface area contributed by atoms with Crippen molar-refractivity contribution in [2.75, 3.05) is 20.7 Å². The van der Waals surface area contributed by atoms with Crippen LogP contribution < -0.4 is 0 Å². The highest BCUT2D eigenvalue weighted by Gasteiger charge is 2.50. The fourth-order valence-electron chi connectivity index (χ4n) is 4.97. The number of rotatable bonds is 2. The molecule has 0 N–H and O–H groups in total. The van der Waals surface area contributed by atoms with Crippen molar-refractivity contribution in [1.29, 1.82) is 0 Å². The first-order chi connectivity index (χ1) is 9.60. The number of ether oxygens (including phenoxy) is 1. The van der Waals surface area contributed by atoms with E-state index in [-0.39, 0.29) is 11.9 Å². The lowest BCUT2D eigenvalue weighted by atomic mass is 9.64. The molecule has 3 nitrogen and oxygen atoms in total. The Morgan fingerprint density at radius 1 is 1.15 bits per heavy atom. The Morgan fingerprint density at radius 2 is 1.85 bits per heavy atom. The number of likely N-dealkylation sites (tertiary alicyclic amines) is 1. The quantitative estimate of drug-likeness (QED) is 0.730. The third-order valence-electron chi connectivity index (χ3n) is 6.01. The molecule has 1 aliphatic heterocycles. The summed E-state index contributed by atoms with van der Waals surface area (Å²) in [4.78, 5) is 14.7. The zero-order valence-corrected chi connectivity index (χ0v) is 12.6. The Hall–Kier alpha value is -0.640. The number of carbonyl (C=O) groups excluding carboxylic acids is 1. The number of esters is 1. The topological polar surface area (TPSA) is 29.5 Å². The van der Waals surface area contributed by atoms with E-state index < -0.39 is 6.17 Å². The first kappa shape index (κ1) is 14.3. The van der Waals surface area contributed by atoms with E-state index in [9.17, 15) is 9.18 Å². The summed E-state index contributed by atoms with van der Waals surface area (Å²) in [6.45, 7) is 1.01. The minimum Gasteiger partial charge on any atom is -0.469 e. The van der Waals surface area contributed by atoms with Crippen LogP contribution in [0.15, 0.2) is 0 Å². The van der Waals surface area contributed by atoms with Crippen LogP contribution in [0.5, 0.6) is 0 Å². The highest BCUT2D eigenvalue weighted by molar-refractivity contribution is 5.73. The molecule has 3 rings (SSSR count). The molecule has 114 valence electrons. The van der Waals surface area contributed by atoms with Gasteiger partial charge in [-0.1, -0.05) is 0 Å². The van der Waals surface area contributed by atoms with Crippen LogP contribution in [0.25, 0.3) is 0 Å². The molecule has 2 bridgehead atoms. The third-order valence-corrected chi connectivity index (χ3v) is 6.01. The average Bonchev–Trinajstić information content (AvgIpc) is 2.74. The number of hydrogen-bond donors (Lipinski definition) is 0. The normalized spacial score (nSPS) is 45.4. The smallest absolute Gasteiger partial charge is 0.309 e. The molecule has 0 amide bonds. The summed E-state index contributed by atoms with van der Waals surface area (Å²) in [5.41, 5.74) is 0. The number of halogens is 1. The van der Waals surface area contributed by atoms with E-state index in [1.807, 2.05) is 0 Å². The van der Waals surface area contributed by atoms with E-state index in [1.54, 1.807) is 0 Å². The molecule has 3 unspecified atom stereocenters. The molecular weight excluding hydrogens is 257 g/mol. The summed E-state index contributed by atoms with van der Waals surface area (Å²) in [7, 11) is 3.67. The molecule has 2 saturated carbocycles. The van der Waals surface area contributed by atoms with Crippen LogP contribution in [0.3, 0.4) is 0 Å². The van der Waals surface area contributed by atoms with E-state index in [2.05, 4.69) is 11.9 Å². The number of hydrogen-bond acceptors (Lipinski definition) is 3. The van der Waals surface area contributed by atoms with E-state index in [1.165, 1.54) is 7.11 Å². The Morgan fingerprint density at radius 3 is 2.50 bits per heavy atom. The molecule has 4 atom stereocenters. The third kappa shape index (κ3) is 2.47. The number of methoxy groups -OCH3 is 1. The molecule has 1 saturated heterocycles. The second kappa shape index (κ2) is 5.63. The summed E-state index contributed by atoms with van der Waals surface area (Å²) in [5, 5.41) is 0. The van der Waals surface area contributed by atoms with Gasteiger partial charge in [0.1, 0.15) is 6.17 Å². The van der Waals surface area contributed by atoms with Crippen molar-refractivity contribution in [2.45, 2.75) is 50.7 Å². The van der Waals surface area contributed by atoms with Crippen molar-refractivity contribution in [3.05, 3.63) is 0 Å². The second-order valence-corrected chi connectivity index (χ2v) is 7.05. The van der Waals surface area contributed by atoms with Crippen molar-refractivity contribution in [3.8, 4) is 0 Å². The van der Waals surface area contributed by atoms with Gasteiger partial charge in [-0.15, -0.1) is 0 Å². The Balaban J connectivity index is 1.78. The van der Waals surface area contributed by atoms with Gasteiger partial charge in [0.15, 0.2) is 0 Å². The van der Waals surface area contributed by atoms with Crippen molar-refractivity contribution >= 4 is 5.97 Å². The van der Waals surface area contributed by atoms with Gasteiger partial charge in [0, 0.05) is 12.6 Å². The molecule has 1 heterocycles. The lowest BCUT2D eigenvalue weighted by Gasteiger charge is -2.41. The minimum atomic E-state index is -0.620. The van der Waals surface area contributed by atoms with Crippen molar-refractivity contribution in [2.24, 2.45) is 23.7 Å². The molecule has 3 fully saturated rings. The first-order valence-corrected chi connectivity index (χ1v) is 8.02. The average molecular weight is 283 g/mol. The van der Waals surface area contributed by atoms with Crippen LogP contribution >= 0.6 is 0 Å². The van der Waals surface area contributed by atoms with Crippen LogP contribution in [-0.4, -0.2) is 43.8 Å². The van der Waals surface area contributed by atoms with Gasteiger partial charge in [-0.05, 0) is 63.3 Å². The lowest BCUT2D eigenvalue weighted by molar-refractivity contribution is -0.152. The molecule has 3 aliphatic rings. The van der Waals surface area contributed by atoms with Gasteiger partial charge in [-0.2, -0.15) is 0 Å². The summed E-state index contributed by atoms with van der Waals surface area (Å²) in [6, 6.07) is 0.619. The Kier molecular flexibility index (Phi) is 4.02. The monoisotopic (exact) mass is 283 g/mol. The van der Waals surface area contributed by atoms with Crippen LogP contribution in [0.2, 0.25) is 0 Å². The molecule has 4 heteroatoms. The number of alkyl halides is 1. The van der Waals surface area contributed by atoms with E-state index in [0.717, 1.165) is 32.2 Å². The summed E-state index contributed by atoms with van der Waals surface area (Å²) < 4.78 is 18.5. The summed E-state index contributed by atoms with van der Waals surface area (Å²) in [6.07, 6.45) is 4.86. The fraction of sp³-hybridized carbons (Fsp3) is 0.938. The van der Waals surface area contributed by atoms with E-state index in [4.69, 9.17) is 4.74 Å². The molecule has 0 aromatic carbocycles. The van der Waals surface area contributed by atoms with Gasteiger partial charge >= 0.3 is 5.97 Å². The van der Waals surface area contributed by atoms with Gasteiger partial charge < -0.3 is 9.64 Å².